The molecule has 7 rings (SSSR count). The lowest BCUT2D eigenvalue weighted by molar-refractivity contribution is 0.0987. The van der Waals surface area contributed by atoms with Crippen LogP contribution in [0, 0.1) is 11.3 Å². The van der Waals surface area contributed by atoms with Crippen LogP contribution in [0.3, 0.4) is 0 Å². The normalized spacial score (nSPS) is 16.1. The maximum Gasteiger partial charge on any atom is 0.259 e. The van der Waals surface area contributed by atoms with Crippen LogP contribution in [-0.2, 0) is 12.8 Å². The zero-order chi connectivity index (χ0) is 35.9. The van der Waals surface area contributed by atoms with Crippen molar-refractivity contribution >= 4 is 45.7 Å². The van der Waals surface area contributed by atoms with Crippen LogP contribution in [0.1, 0.15) is 70.3 Å². The van der Waals surface area contributed by atoms with Crippen LogP contribution < -0.4 is 24.4 Å². The van der Waals surface area contributed by atoms with Gasteiger partial charge in [-0.25, -0.2) is 4.98 Å². The van der Waals surface area contributed by atoms with E-state index in [2.05, 4.69) is 37.1 Å². The Hall–Kier alpha value is -5.70. The average Bonchev–Trinajstić information content (AvgIpc) is 3.56. The van der Waals surface area contributed by atoms with E-state index in [4.69, 9.17) is 19.2 Å². The fourth-order valence-electron chi connectivity index (χ4n) is 7.31. The summed E-state index contributed by atoms with van der Waals surface area (Å²) in [6, 6.07) is 21.0. The van der Waals surface area contributed by atoms with E-state index >= 15 is 0 Å². The van der Waals surface area contributed by atoms with Crippen molar-refractivity contribution in [2.75, 3.05) is 38.1 Å². The zero-order valence-electron chi connectivity index (χ0n) is 29.9. The number of anilines is 2. The first kappa shape index (κ1) is 33.8. The molecule has 9 nitrogen and oxygen atoms in total. The van der Waals surface area contributed by atoms with Gasteiger partial charge in [0.05, 0.1) is 43.7 Å². The fraction of sp³-hybridized carbons (Fsp3) is 0.286. The molecule has 0 saturated carbocycles. The number of fused-ring (bicyclic) bond motifs is 3. The van der Waals surface area contributed by atoms with Gasteiger partial charge in [-0.3, -0.25) is 14.6 Å². The lowest BCUT2D eigenvalue weighted by atomic mass is 9.69. The molecule has 3 aromatic carbocycles. The molecule has 1 aliphatic heterocycles. The highest BCUT2D eigenvalue weighted by molar-refractivity contribution is 6.15. The molecule has 3 heterocycles. The largest absolute Gasteiger partial charge is 0.493 e. The maximum atomic E-state index is 14.5. The van der Waals surface area contributed by atoms with Crippen molar-refractivity contribution < 1.29 is 23.8 Å². The van der Waals surface area contributed by atoms with E-state index in [1.54, 1.807) is 50.8 Å². The lowest BCUT2D eigenvalue weighted by Gasteiger charge is -2.37. The van der Waals surface area contributed by atoms with Gasteiger partial charge in [-0.15, -0.1) is 0 Å². The number of carbonyl (C=O) groups is 2. The number of methoxy groups -OCH3 is 3. The van der Waals surface area contributed by atoms with Crippen molar-refractivity contribution in [3.8, 4) is 17.2 Å². The molecule has 260 valence electrons. The second-order valence-electron chi connectivity index (χ2n) is 14.2. The number of carbonyl (C=O) groups excluding carboxylic acids is 2. The maximum absolute atomic E-state index is 14.5. The number of rotatable bonds is 7. The van der Waals surface area contributed by atoms with Crippen LogP contribution >= 0.6 is 0 Å². The average molecular weight is 683 g/mol. The number of nitrogens with zero attached hydrogens (tertiary/aromatic N) is 3. The number of hydrogen-bond acceptors (Lipinski definition) is 7. The van der Waals surface area contributed by atoms with Gasteiger partial charge in [-0.2, -0.15) is 0 Å². The topological polar surface area (TPSA) is 103 Å². The highest BCUT2D eigenvalue weighted by Gasteiger charge is 2.35. The molecule has 1 N–H and O–H groups in total. The van der Waals surface area contributed by atoms with Crippen LogP contribution in [0.4, 0.5) is 11.4 Å². The summed E-state index contributed by atoms with van der Waals surface area (Å²) in [4.78, 5) is 38.9. The quantitative estimate of drug-likeness (QED) is 0.184. The third kappa shape index (κ3) is 6.40. The molecule has 51 heavy (non-hydrogen) atoms. The molecule has 2 aliphatic rings. The van der Waals surface area contributed by atoms with Gasteiger partial charge >= 0.3 is 0 Å². The molecule has 0 spiro atoms. The van der Waals surface area contributed by atoms with Gasteiger partial charge < -0.3 is 24.4 Å². The van der Waals surface area contributed by atoms with Crippen LogP contribution in [0.15, 0.2) is 79.1 Å². The minimum absolute atomic E-state index is 0.0371. The fourth-order valence-corrected chi connectivity index (χ4v) is 7.31. The summed E-state index contributed by atoms with van der Waals surface area (Å²) in [6.45, 7) is 7.32. The highest BCUT2D eigenvalue weighted by atomic mass is 16.5. The Morgan fingerprint density at radius 2 is 1.69 bits per heavy atom. The summed E-state index contributed by atoms with van der Waals surface area (Å²) >= 11 is 0. The molecule has 1 unspecified atom stereocenters. The second-order valence-corrected chi connectivity index (χ2v) is 14.2. The van der Waals surface area contributed by atoms with E-state index in [0.717, 1.165) is 51.0 Å². The van der Waals surface area contributed by atoms with E-state index < -0.39 is 0 Å². The molecule has 0 saturated heterocycles. The van der Waals surface area contributed by atoms with E-state index in [0.29, 0.717) is 53.4 Å². The number of ether oxygens (including phenoxy) is 3. The van der Waals surface area contributed by atoms with E-state index in [1.807, 2.05) is 54.6 Å². The van der Waals surface area contributed by atoms with Crippen molar-refractivity contribution in [3.05, 3.63) is 113 Å². The Kier molecular flexibility index (Phi) is 8.97. The first-order valence-corrected chi connectivity index (χ1v) is 17.2. The summed E-state index contributed by atoms with van der Waals surface area (Å²) in [5.41, 5.74) is 8.13. The number of hydrogen-bond donors (Lipinski definition) is 1. The van der Waals surface area contributed by atoms with Crippen molar-refractivity contribution in [1.82, 2.24) is 9.97 Å². The van der Waals surface area contributed by atoms with Gasteiger partial charge in [0.25, 0.3) is 11.8 Å². The lowest BCUT2D eigenvalue weighted by Crippen LogP contribution is -2.29. The molecular weight excluding hydrogens is 640 g/mol. The van der Waals surface area contributed by atoms with Crippen LogP contribution in [-0.4, -0.2) is 49.7 Å². The zero-order valence-corrected chi connectivity index (χ0v) is 29.9. The molecule has 0 radical (unpaired) electrons. The molecule has 2 aromatic heterocycles. The third-order valence-electron chi connectivity index (χ3n) is 10.1. The highest BCUT2D eigenvalue weighted by Crippen LogP contribution is 2.46. The first-order valence-electron chi connectivity index (χ1n) is 17.2. The van der Waals surface area contributed by atoms with Gasteiger partial charge in [0, 0.05) is 35.7 Å². The number of nitrogens with one attached hydrogen (secondary N) is 1. The van der Waals surface area contributed by atoms with Crippen molar-refractivity contribution in [3.63, 3.8) is 0 Å². The predicted molar refractivity (Wildman–Crippen MR) is 201 cm³/mol. The standard InChI is InChI=1S/C42H42N4O5/c1-42(2,3)29-21-28(18-25-19-35(49-4)39(51-6)36(20-25)50-5)38-32(23-29)37(31-11-7-8-12-33(31)45-38)40(47)44-30-13-14-34-26(22-30)15-17-46(34)41(48)27-10-9-16-43-24-27/h7-14,16,18-20,22,24,29H,15,17,21,23H2,1-6H3,(H,44,47)/b28-18-. The summed E-state index contributed by atoms with van der Waals surface area (Å²) in [6.07, 6.45) is 7.57. The van der Waals surface area contributed by atoms with Gasteiger partial charge in [0.2, 0.25) is 5.75 Å². The molecule has 1 atom stereocenters. The minimum Gasteiger partial charge on any atom is -0.493 e. The molecule has 1 aliphatic carbocycles. The van der Waals surface area contributed by atoms with Crippen LogP contribution in [0.5, 0.6) is 17.2 Å². The summed E-state index contributed by atoms with van der Waals surface area (Å²) in [7, 11) is 4.81. The molecule has 5 aromatic rings. The second kappa shape index (κ2) is 13.5. The number of benzene rings is 3. The summed E-state index contributed by atoms with van der Waals surface area (Å²) in [5, 5.41) is 4.03. The molecule has 0 fully saturated rings. The Labute approximate surface area is 298 Å². The van der Waals surface area contributed by atoms with E-state index in [9.17, 15) is 9.59 Å². The number of amides is 2. The number of allylic oxidation sites excluding steroid dienone is 1. The molecule has 0 bridgehead atoms. The first-order chi connectivity index (χ1) is 24.6. The monoisotopic (exact) mass is 682 g/mol. The van der Waals surface area contributed by atoms with Gasteiger partial charge in [0.15, 0.2) is 11.5 Å². The Morgan fingerprint density at radius 1 is 0.922 bits per heavy atom. The van der Waals surface area contributed by atoms with Crippen molar-refractivity contribution in [2.24, 2.45) is 11.3 Å². The van der Waals surface area contributed by atoms with Gasteiger partial charge in [-0.1, -0.05) is 39.0 Å². The van der Waals surface area contributed by atoms with Crippen molar-refractivity contribution in [2.45, 2.75) is 40.0 Å². The SMILES string of the molecule is COc1cc(/C=C2/CC(C(C)(C)C)Cc3c2nc2ccccc2c3C(=O)Nc2ccc3c(c2)CCN3C(=O)c2cccnc2)cc(OC)c1OC. The van der Waals surface area contributed by atoms with Crippen LogP contribution in [0.2, 0.25) is 0 Å². The molecular formula is C42H42N4O5. The number of aromatic nitrogens is 2. The Bertz CT molecular complexity index is 2160. The molecule has 2 amide bonds. The van der Waals surface area contributed by atoms with Gasteiger partial charge in [0.1, 0.15) is 0 Å². The summed E-state index contributed by atoms with van der Waals surface area (Å²) in [5.74, 6) is 1.64. The smallest absolute Gasteiger partial charge is 0.259 e. The third-order valence-corrected chi connectivity index (χ3v) is 10.1. The van der Waals surface area contributed by atoms with E-state index in [-0.39, 0.29) is 23.1 Å². The Morgan fingerprint density at radius 3 is 2.37 bits per heavy atom. The number of para-hydroxylation sites is 1. The van der Waals surface area contributed by atoms with E-state index in [1.165, 1.54) is 0 Å². The number of pyridine rings is 2. The minimum atomic E-state index is -0.187. The van der Waals surface area contributed by atoms with Crippen molar-refractivity contribution in [1.29, 1.82) is 0 Å². The van der Waals surface area contributed by atoms with Gasteiger partial charge in [-0.05, 0) is 107 Å². The Balaban J connectivity index is 1.30. The predicted octanol–water partition coefficient (Wildman–Crippen LogP) is 8.26. The molecule has 9 heteroatoms. The summed E-state index contributed by atoms with van der Waals surface area (Å²) < 4.78 is 16.9. The van der Waals surface area contributed by atoms with Crippen LogP contribution in [0.25, 0.3) is 22.6 Å².